The maximum atomic E-state index is 13.6. The van der Waals surface area contributed by atoms with Gasteiger partial charge in [-0.05, 0) is 42.2 Å². The van der Waals surface area contributed by atoms with E-state index in [1.807, 2.05) is 12.1 Å². The zero-order valence-electron chi connectivity index (χ0n) is 18.8. The SMILES string of the molecule is CN1CCCc2cc(/C=C/c3cnccc3C(=O)NCC(=O)N3CC(F)(F)CC3C#N)ccc21. The number of likely N-dealkylation sites (tertiary alicyclic amines) is 1. The monoisotopic (exact) mass is 465 g/mol. The molecule has 2 aliphatic rings. The average molecular weight is 466 g/mol. The third-order valence-electron chi connectivity index (χ3n) is 6.15. The summed E-state index contributed by atoms with van der Waals surface area (Å²) in [5.41, 5.74) is 4.37. The first-order valence-electron chi connectivity index (χ1n) is 11.1. The number of anilines is 1. The van der Waals surface area contributed by atoms with Crippen LogP contribution in [0, 0.1) is 11.3 Å². The van der Waals surface area contributed by atoms with Crippen molar-refractivity contribution in [3.8, 4) is 6.07 Å². The maximum Gasteiger partial charge on any atom is 0.268 e. The minimum absolute atomic E-state index is 0.306. The van der Waals surface area contributed by atoms with E-state index in [-0.39, 0.29) is 0 Å². The number of halogens is 2. The minimum atomic E-state index is -3.10. The van der Waals surface area contributed by atoms with Gasteiger partial charge in [-0.1, -0.05) is 18.2 Å². The molecule has 1 atom stereocenters. The number of fused-ring (bicyclic) bond motifs is 1. The number of benzene rings is 1. The average Bonchev–Trinajstić information content (AvgIpc) is 3.16. The van der Waals surface area contributed by atoms with Crippen molar-refractivity contribution in [3.05, 3.63) is 58.9 Å². The number of hydrogen-bond donors (Lipinski definition) is 1. The molecule has 1 saturated heterocycles. The van der Waals surface area contributed by atoms with Gasteiger partial charge in [-0.15, -0.1) is 0 Å². The first kappa shape index (κ1) is 23.4. The van der Waals surface area contributed by atoms with E-state index in [2.05, 4.69) is 34.4 Å². The summed E-state index contributed by atoms with van der Waals surface area (Å²) >= 11 is 0. The van der Waals surface area contributed by atoms with Crippen LogP contribution in [-0.4, -0.2) is 60.3 Å². The summed E-state index contributed by atoms with van der Waals surface area (Å²) in [5.74, 6) is -4.35. The van der Waals surface area contributed by atoms with E-state index in [1.165, 1.54) is 23.5 Å². The number of carbonyl (C=O) groups excluding carboxylic acids is 2. The fraction of sp³-hybridized carbons (Fsp3) is 0.360. The maximum absolute atomic E-state index is 13.6. The van der Waals surface area contributed by atoms with Crippen molar-refractivity contribution >= 4 is 29.7 Å². The Morgan fingerprint density at radius 3 is 2.94 bits per heavy atom. The predicted octanol–water partition coefficient (Wildman–Crippen LogP) is 3.12. The molecule has 1 aromatic carbocycles. The quantitative estimate of drug-likeness (QED) is 0.733. The van der Waals surface area contributed by atoms with Crippen LogP contribution in [0.25, 0.3) is 12.2 Å². The van der Waals surface area contributed by atoms with Crippen molar-refractivity contribution in [1.29, 1.82) is 5.26 Å². The smallest absolute Gasteiger partial charge is 0.268 e. The van der Waals surface area contributed by atoms with Gasteiger partial charge < -0.3 is 15.1 Å². The van der Waals surface area contributed by atoms with Gasteiger partial charge in [-0.2, -0.15) is 5.26 Å². The lowest BCUT2D eigenvalue weighted by Gasteiger charge is -2.27. The Hall–Kier alpha value is -3.80. The van der Waals surface area contributed by atoms with Crippen molar-refractivity contribution in [2.75, 3.05) is 31.6 Å². The van der Waals surface area contributed by atoms with Crippen LogP contribution in [-0.2, 0) is 11.2 Å². The number of carbonyl (C=O) groups is 2. The molecule has 2 aromatic rings. The van der Waals surface area contributed by atoms with Crippen LogP contribution in [0.4, 0.5) is 14.5 Å². The second-order valence-electron chi connectivity index (χ2n) is 8.62. The second-order valence-corrected chi connectivity index (χ2v) is 8.62. The molecule has 0 saturated carbocycles. The lowest BCUT2D eigenvalue weighted by Crippen LogP contribution is -2.43. The van der Waals surface area contributed by atoms with E-state index >= 15 is 0 Å². The van der Waals surface area contributed by atoms with Crippen molar-refractivity contribution in [2.24, 2.45) is 0 Å². The Bertz CT molecular complexity index is 1170. The minimum Gasteiger partial charge on any atom is -0.374 e. The molecule has 2 aliphatic heterocycles. The number of hydrogen-bond acceptors (Lipinski definition) is 5. The highest BCUT2D eigenvalue weighted by molar-refractivity contribution is 6.00. The van der Waals surface area contributed by atoms with Gasteiger partial charge in [0.15, 0.2) is 0 Å². The van der Waals surface area contributed by atoms with E-state index in [0.29, 0.717) is 11.1 Å². The number of nitriles is 1. The van der Waals surface area contributed by atoms with Crippen LogP contribution in [0.2, 0.25) is 0 Å². The number of aryl methyl sites for hydroxylation is 1. The van der Waals surface area contributed by atoms with Gasteiger partial charge >= 0.3 is 0 Å². The summed E-state index contributed by atoms with van der Waals surface area (Å²) in [6.45, 7) is -0.257. The van der Waals surface area contributed by atoms with E-state index in [9.17, 15) is 18.4 Å². The van der Waals surface area contributed by atoms with E-state index in [1.54, 1.807) is 18.3 Å². The van der Waals surface area contributed by atoms with Crippen LogP contribution >= 0.6 is 0 Å². The van der Waals surface area contributed by atoms with Crippen LogP contribution in [0.1, 0.15) is 39.9 Å². The molecule has 3 heterocycles. The highest BCUT2D eigenvalue weighted by Gasteiger charge is 2.47. The Labute approximate surface area is 196 Å². The van der Waals surface area contributed by atoms with Crippen molar-refractivity contribution in [2.45, 2.75) is 31.2 Å². The molecule has 0 spiro atoms. The van der Waals surface area contributed by atoms with Gasteiger partial charge in [0.05, 0.1) is 19.2 Å². The fourth-order valence-electron chi connectivity index (χ4n) is 4.39. The van der Waals surface area contributed by atoms with Gasteiger partial charge in [0, 0.05) is 49.2 Å². The largest absolute Gasteiger partial charge is 0.374 e. The Morgan fingerprint density at radius 2 is 2.15 bits per heavy atom. The van der Waals surface area contributed by atoms with Crippen LogP contribution in [0.5, 0.6) is 0 Å². The number of amides is 2. The Kier molecular flexibility index (Phi) is 6.59. The highest BCUT2D eigenvalue weighted by atomic mass is 19.3. The number of aromatic nitrogens is 1. The summed E-state index contributed by atoms with van der Waals surface area (Å²) in [5, 5.41) is 11.5. The number of rotatable bonds is 5. The molecular formula is C25H25F2N5O2. The fourth-order valence-corrected chi connectivity index (χ4v) is 4.39. The Balaban J connectivity index is 1.44. The molecule has 2 amide bonds. The zero-order valence-corrected chi connectivity index (χ0v) is 18.8. The molecule has 1 aromatic heterocycles. The number of pyridine rings is 1. The summed E-state index contributed by atoms with van der Waals surface area (Å²) in [6, 6.07) is 8.30. The third kappa shape index (κ3) is 5.06. The van der Waals surface area contributed by atoms with Crippen LogP contribution in [0.15, 0.2) is 36.7 Å². The molecule has 1 unspecified atom stereocenters. The van der Waals surface area contributed by atoms with Gasteiger partial charge in [-0.25, -0.2) is 8.78 Å². The first-order valence-corrected chi connectivity index (χ1v) is 11.1. The van der Waals surface area contributed by atoms with Crippen LogP contribution < -0.4 is 10.2 Å². The molecule has 0 aliphatic carbocycles. The zero-order chi connectivity index (χ0) is 24.3. The summed E-state index contributed by atoms with van der Waals surface area (Å²) < 4.78 is 27.2. The van der Waals surface area contributed by atoms with Crippen molar-refractivity contribution in [3.63, 3.8) is 0 Å². The summed E-state index contributed by atoms with van der Waals surface area (Å²) in [7, 11) is 2.08. The van der Waals surface area contributed by atoms with Crippen molar-refractivity contribution < 1.29 is 18.4 Å². The lowest BCUT2D eigenvalue weighted by atomic mass is 9.99. The predicted molar refractivity (Wildman–Crippen MR) is 124 cm³/mol. The van der Waals surface area contributed by atoms with Crippen LogP contribution in [0.3, 0.4) is 0 Å². The molecule has 1 fully saturated rings. The van der Waals surface area contributed by atoms with Gasteiger partial charge in [-0.3, -0.25) is 14.6 Å². The normalized spacial score (nSPS) is 19.1. The number of nitrogens with one attached hydrogen (secondary N) is 1. The van der Waals surface area contributed by atoms with Gasteiger partial charge in [0.25, 0.3) is 11.8 Å². The molecule has 176 valence electrons. The number of alkyl halides is 2. The number of nitrogens with zero attached hydrogens (tertiary/aromatic N) is 4. The summed E-state index contributed by atoms with van der Waals surface area (Å²) in [6.07, 6.45) is 8.13. The van der Waals surface area contributed by atoms with Gasteiger partial charge in [0.1, 0.15) is 6.04 Å². The molecule has 0 radical (unpaired) electrons. The second kappa shape index (κ2) is 9.59. The standard InChI is InChI=1S/C25H25F2N5O2/c1-31-10-2-3-18-11-17(5-7-22(18)31)4-6-19-14-29-9-8-21(19)24(34)30-15-23(33)32-16-25(26,27)12-20(32)13-28/h4-9,11,14,20H,2-3,10,12,15-16H2,1H3,(H,30,34)/b6-4+. The van der Waals surface area contributed by atoms with Gasteiger partial charge in [0.2, 0.25) is 5.91 Å². The molecular weight excluding hydrogens is 440 g/mol. The summed E-state index contributed by atoms with van der Waals surface area (Å²) in [4.78, 5) is 32.3. The topological polar surface area (TPSA) is 89.3 Å². The molecule has 9 heteroatoms. The Morgan fingerprint density at radius 1 is 1.32 bits per heavy atom. The highest BCUT2D eigenvalue weighted by Crippen LogP contribution is 2.31. The molecule has 4 rings (SSSR count). The first-order chi connectivity index (χ1) is 16.3. The van der Waals surface area contributed by atoms with Crippen molar-refractivity contribution in [1.82, 2.24) is 15.2 Å². The molecule has 34 heavy (non-hydrogen) atoms. The molecule has 0 bridgehead atoms. The molecule has 7 nitrogen and oxygen atoms in total. The van der Waals surface area contributed by atoms with E-state index in [0.717, 1.165) is 29.8 Å². The molecule has 1 N–H and O–H groups in total. The van der Waals surface area contributed by atoms with E-state index in [4.69, 9.17) is 5.26 Å². The third-order valence-corrected chi connectivity index (χ3v) is 6.15. The van der Waals surface area contributed by atoms with E-state index < -0.39 is 43.3 Å². The lowest BCUT2D eigenvalue weighted by molar-refractivity contribution is -0.131.